The molecule has 1 heterocycles. The van der Waals surface area contributed by atoms with Crippen LogP contribution in [0.15, 0.2) is 5.16 Å². The Kier molecular flexibility index (Phi) is 3.35. The van der Waals surface area contributed by atoms with Gasteiger partial charge in [-0.25, -0.2) is 4.98 Å². The van der Waals surface area contributed by atoms with E-state index in [1.165, 1.54) is 14.0 Å². The third kappa shape index (κ3) is 2.17. The van der Waals surface area contributed by atoms with E-state index >= 15 is 0 Å². The van der Waals surface area contributed by atoms with Crippen LogP contribution in [0.2, 0.25) is 0 Å². The summed E-state index contributed by atoms with van der Waals surface area (Å²) in [6, 6.07) is 0. The zero-order valence-electron chi connectivity index (χ0n) is 8.62. The van der Waals surface area contributed by atoms with E-state index in [1.54, 1.807) is 11.3 Å². The summed E-state index contributed by atoms with van der Waals surface area (Å²) >= 11 is 1.54. The minimum Gasteiger partial charge on any atom is -0.398 e. The average molecular weight is 212 g/mol. The largest absolute Gasteiger partial charge is 0.398 e. The highest BCUT2D eigenvalue weighted by molar-refractivity contribution is 7.11. The van der Waals surface area contributed by atoms with Gasteiger partial charge in [0.15, 0.2) is 11.5 Å². The van der Waals surface area contributed by atoms with Gasteiger partial charge in [-0.15, -0.1) is 11.3 Å². The van der Waals surface area contributed by atoms with Gasteiger partial charge in [0.05, 0.1) is 5.01 Å². The zero-order valence-corrected chi connectivity index (χ0v) is 9.44. The van der Waals surface area contributed by atoms with E-state index in [1.807, 2.05) is 13.8 Å². The Morgan fingerprint density at radius 2 is 2.14 bits per heavy atom. The van der Waals surface area contributed by atoms with E-state index in [4.69, 9.17) is 0 Å². The molecule has 1 rings (SSSR count). The van der Waals surface area contributed by atoms with Crippen molar-refractivity contribution in [3.8, 4) is 0 Å². The maximum Gasteiger partial charge on any atom is 0.183 e. The Morgan fingerprint density at radius 3 is 2.50 bits per heavy atom. The molecule has 14 heavy (non-hydrogen) atoms. The van der Waals surface area contributed by atoms with Crippen molar-refractivity contribution in [2.45, 2.75) is 20.8 Å². The molecular weight excluding hydrogens is 200 g/mol. The fraction of sp³-hybridized carbons (Fsp3) is 0.444. The molecule has 0 radical (unpaired) electrons. The van der Waals surface area contributed by atoms with Crippen LogP contribution < -0.4 is 0 Å². The van der Waals surface area contributed by atoms with Crippen LogP contribution in [0.3, 0.4) is 0 Å². The molecule has 4 nitrogen and oxygen atoms in total. The molecule has 0 aliphatic heterocycles. The molecule has 0 aromatic carbocycles. The molecule has 5 heteroatoms. The second kappa shape index (κ2) is 4.32. The second-order valence-electron chi connectivity index (χ2n) is 2.82. The molecule has 0 aliphatic carbocycles. The molecular formula is C9H12N2O2S. The van der Waals surface area contributed by atoms with Gasteiger partial charge in [-0.2, -0.15) is 0 Å². The smallest absolute Gasteiger partial charge is 0.183 e. The van der Waals surface area contributed by atoms with Crippen LogP contribution in [-0.4, -0.2) is 23.6 Å². The van der Waals surface area contributed by atoms with Crippen LogP contribution >= 0.6 is 11.3 Å². The predicted molar refractivity (Wildman–Crippen MR) is 55.8 cm³/mol. The van der Waals surface area contributed by atoms with Crippen molar-refractivity contribution in [1.29, 1.82) is 0 Å². The molecule has 0 unspecified atom stereocenters. The van der Waals surface area contributed by atoms with Crippen molar-refractivity contribution in [1.82, 2.24) is 4.98 Å². The molecule has 0 amide bonds. The van der Waals surface area contributed by atoms with Gasteiger partial charge in [0.2, 0.25) is 0 Å². The third-order valence-electron chi connectivity index (χ3n) is 1.64. The summed E-state index contributed by atoms with van der Waals surface area (Å²) in [7, 11) is 1.41. The number of Topliss-reactive ketones (excluding diaryl/α,β-unsaturated/α-hetero) is 1. The van der Waals surface area contributed by atoms with Gasteiger partial charge >= 0.3 is 0 Å². The van der Waals surface area contributed by atoms with Crippen LogP contribution in [0, 0.1) is 13.8 Å². The molecule has 76 valence electrons. The molecule has 1 aromatic heterocycles. The first-order valence-corrected chi connectivity index (χ1v) is 4.94. The Bertz CT molecular complexity index is 382. The number of oxime groups is 1. The molecule has 0 bridgehead atoms. The Labute approximate surface area is 86.6 Å². The lowest BCUT2D eigenvalue weighted by Crippen LogP contribution is -2.13. The molecule has 1 aromatic rings. The van der Waals surface area contributed by atoms with E-state index in [0.717, 1.165) is 9.88 Å². The Hall–Kier alpha value is -1.23. The van der Waals surface area contributed by atoms with E-state index in [0.29, 0.717) is 5.69 Å². The molecule has 0 aliphatic rings. The number of nitrogens with zero attached hydrogens (tertiary/aromatic N) is 2. The maximum atomic E-state index is 11.2. The maximum absolute atomic E-state index is 11.2. The molecule has 0 atom stereocenters. The standard InChI is InChI=1S/C9H12N2O2S/c1-5(12)8(11-13-4)9-6(2)14-7(3)10-9/h1-4H3/b11-8+. The molecule has 0 saturated carbocycles. The van der Waals surface area contributed by atoms with Gasteiger partial charge < -0.3 is 4.84 Å². The molecule has 0 fully saturated rings. The summed E-state index contributed by atoms with van der Waals surface area (Å²) in [5, 5.41) is 4.60. The van der Waals surface area contributed by atoms with Gasteiger partial charge in [-0.3, -0.25) is 4.79 Å². The lowest BCUT2D eigenvalue weighted by molar-refractivity contribution is -0.111. The number of rotatable bonds is 3. The van der Waals surface area contributed by atoms with Gasteiger partial charge in [0.25, 0.3) is 0 Å². The highest BCUT2D eigenvalue weighted by atomic mass is 32.1. The number of carbonyl (C=O) groups is 1. The number of hydrogen-bond donors (Lipinski definition) is 0. The molecule has 0 spiro atoms. The fourth-order valence-electron chi connectivity index (χ4n) is 1.11. The lowest BCUT2D eigenvalue weighted by atomic mass is 10.2. The first-order valence-electron chi connectivity index (χ1n) is 4.12. The number of ketones is 1. The van der Waals surface area contributed by atoms with Gasteiger partial charge in [0, 0.05) is 11.8 Å². The SMILES string of the molecule is CO/N=C(\C(C)=O)c1nc(C)sc1C. The summed E-state index contributed by atoms with van der Waals surface area (Å²) in [5.41, 5.74) is 0.913. The topological polar surface area (TPSA) is 51.5 Å². The van der Waals surface area contributed by atoms with E-state index < -0.39 is 0 Å². The van der Waals surface area contributed by atoms with Crippen LogP contribution in [0.1, 0.15) is 22.5 Å². The summed E-state index contributed by atoms with van der Waals surface area (Å²) in [4.78, 5) is 21.1. The quantitative estimate of drug-likeness (QED) is 0.566. The highest BCUT2D eigenvalue weighted by Crippen LogP contribution is 2.17. The van der Waals surface area contributed by atoms with E-state index in [9.17, 15) is 4.79 Å². The minimum atomic E-state index is -0.139. The number of thiazole rings is 1. The van der Waals surface area contributed by atoms with Crippen LogP contribution in [0.5, 0.6) is 0 Å². The number of aromatic nitrogens is 1. The third-order valence-corrected chi connectivity index (χ3v) is 2.53. The first kappa shape index (κ1) is 10.8. The molecule has 0 saturated heterocycles. The zero-order chi connectivity index (χ0) is 10.7. The van der Waals surface area contributed by atoms with Crippen LogP contribution in [0.25, 0.3) is 0 Å². The van der Waals surface area contributed by atoms with Crippen LogP contribution in [-0.2, 0) is 9.63 Å². The van der Waals surface area contributed by atoms with Gasteiger partial charge in [-0.1, -0.05) is 5.16 Å². The summed E-state index contributed by atoms with van der Waals surface area (Å²) in [5.74, 6) is -0.139. The van der Waals surface area contributed by atoms with Crippen molar-refractivity contribution < 1.29 is 9.63 Å². The van der Waals surface area contributed by atoms with Gasteiger partial charge in [-0.05, 0) is 13.8 Å². The Balaban J connectivity index is 3.18. The molecule has 0 N–H and O–H groups in total. The summed E-state index contributed by atoms with van der Waals surface area (Å²) < 4.78 is 0. The second-order valence-corrected chi connectivity index (χ2v) is 4.22. The first-order chi connectivity index (χ1) is 6.56. The Morgan fingerprint density at radius 1 is 1.50 bits per heavy atom. The van der Waals surface area contributed by atoms with E-state index in [2.05, 4.69) is 15.0 Å². The fourth-order valence-corrected chi connectivity index (χ4v) is 1.93. The highest BCUT2D eigenvalue weighted by Gasteiger charge is 2.16. The lowest BCUT2D eigenvalue weighted by Gasteiger charge is -1.98. The normalized spacial score (nSPS) is 11.6. The van der Waals surface area contributed by atoms with Crippen molar-refractivity contribution >= 4 is 22.8 Å². The number of hydrogen-bond acceptors (Lipinski definition) is 5. The van der Waals surface area contributed by atoms with Crippen molar-refractivity contribution in [2.24, 2.45) is 5.16 Å². The van der Waals surface area contributed by atoms with E-state index in [-0.39, 0.29) is 11.5 Å². The van der Waals surface area contributed by atoms with Crippen molar-refractivity contribution in [3.05, 3.63) is 15.6 Å². The minimum absolute atomic E-state index is 0.139. The number of carbonyl (C=O) groups excluding carboxylic acids is 1. The summed E-state index contributed by atoms with van der Waals surface area (Å²) in [6.07, 6.45) is 0. The van der Waals surface area contributed by atoms with Crippen molar-refractivity contribution in [2.75, 3.05) is 7.11 Å². The van der Waals surface area contributed by atoms with Crippen molar-refractivity contribution in [3.63, 3.8) is 0 Å². The predicted octanol–water partition coefficient (Wildman–Crippen LogP) is 1.70. The summed E-state index contributed by atoms with van der Waals surface area (Å²) in [6.45, 7) is 5.26. The number of aryl methyl sites for hydroxylation is 2. The monoisotopic (exact) mass is 212 g/mol. The van der Waals surface area contributed by atoms with Gasteiger partial charge in [0.1, 0.15) is 12.8 Å². The van der Waals surface area contributed by atoms with Crippen LogP contribution in [0.4, 0.5) is 0 Å². The average Bonchev–Trinajstić information content (AvgIpc) is 2.40.